The standard InChI is InChI=1S/C14H14O4S/c1-10(15)11-2-4-12(5-3-11)18-13-6-8-14(9-7-13)19(16)17/h2-10,15,19H,1H3. The molecule has 1 unspecified atom stereocenters. The quantitative estimate of drug-likeness (QED) is 0.843. The normalized spacial score (nSPS) is 12.4. The maximum absolute atomic E-state index is 10.7. The van der Waals surface area contributed by atoms with Crippen molar-refractivity contribution in [2.24, 2.45) is 0 Å². The summed E-state index contributed by atoms with van der Waals surface area (Å²) in [5, 5.41) is 9.39. The summed E-state index contributed by atoms with van der Waals surface area (Å²) < 4.78 is 27.1. The van der Waals surface area contributed by atoms with E-state index in [9.17, 15) is 13.5 Å². The molecular weight excluding hydrogens is 264 g/mol. The maximum Gasteiger partial charge on any atom is 0.168 e. The number of hydrogen-bond acceptors (Lipinski definition) is 4. The number of rotatable bonds is 4. The zero-order valence-electron chi connectivity index (χ0n) is 10.3. The molecule has 1 N–H and O–H groups in total. The third kappa shape index (κ3) is 3.56. The molecule has 0 saturated heterocycles. The van der Waals surface area contributed by atoms with Crippen molar-refractivity contribution in [2.75, 3.05) is 0 Å². The molecule has 0 radical (unpaired) electrons. The molecule has 0 aliphatic carbocycles. The van der Waals surface area contributed by atoms with Crippen LogP contribution in [-0.2, 0) is 10.7 Å². The van der Waals surface area contributed by atoms with Crippen molar-refractivity contribution in [1.29, 1.82) is 0 Å². The monoisotopic (exact) mass is 278 g/mol. The molecule has 0 aliphatic heterocycles. The summed E-state index contributed by atoms with van der Waals surface area (Å²) in [7, 11) is -2.56. The van der Waals surface area contributed by atoms with Crippen LogP contribution in [0.25, 0.3) is 0 Å². The minimum absolute atomic E-state index is 0.256. The first-order valence-electron chi connectivity index (χ1n) is 5.76. The van der Waals surface area contributed by atoms with Gasteiger partial charge in [0.25, 0.3) is 0 Å². The lowest BCUT2D eigenvalue weighted by Gasteiger charge is -2.08. The van der Waals surface area contributed by atoms with Crippen molar-refractivity contribution < 1.29 is 18.3 Å². The Morgan fingerprint density at radius 1 is 0.947 bits per heavy atom. The second-order valence-corrected chi connectivity index (χ2v) is 5.13. The molecular formula is C14H14O4S. The van der Waals surface area contributed by atoms with E-state index in [0.29, 0.717) is 11.5 Å². The topological polar surface area (TPSA) is 63.6 Å². The number of aliphatic hydroxyl groups is 1. The Morgan fingerprint density at radius 2 is 1.42 bits per heavy atom. The van der Waals surface area contributed by atoms with Gasteiger partial charge in [-0.05, 0) is 48.9 Å². The molecule has 0 aliphatic rings. The molecule has 19 heavy (non-hydrogen) atoms. The fourth-order valence-electron chi connectivity index (χ4n) is 1.59. The van der Waals surface area contributed by atoms with Gasteiger partial charge < -0.3 is 9.84 Å². The highest BCUT2D eigenvalue weighted by molar-refractivity contribution is 7.72. The molecule has 2 aromatic rings. The molecule has 1 atom stereocenters. The van der Waals surface area contributed by atoms with Gasteiger partial charge in [-0.3, -0.25) is 0 Å². The fourth-order valence-corrected chi connectivity index (χ4v) is 1.98. The molecule has 0 aromatic heterocycles. The Kier molecular flexibility index (Phi) is 4.19. The fraction of sp³-hybridized carbons (Fsp3) is 0.143. The van der Waals surface area contributed by atoms with Gasteiger partial charge >= 0.3 is 0 Å². The Balaban J connectivity index is 2.12. The van der Waals surface area contributed by atoms with E-state index in [1.807, 2.05) is 0 Å². The van der Waals surface area contributed by atoms with Gasteiger partial charge in [0.05, 0.1) is 11.0 Å². The predicted octanol–water partition coefficient (Wildman–Crippen LogP) is 2.50. The summed E-state index contributed by atoms with van der Waals surface area (Å²) in [6, 6.07) is 13.3. The summed E-state index contributed by atoms with van der Waals surface area (Å²) >= 11 is 0. The summed E-state index contributed by atoms with van der Waals surface area (Å²) in [5.74, 6) is 1.19. The number of thiol groups is 1. The summed E-state index contributed by atoms with van der Waals surface area (Å²) in [5.41, 5.74) is 0.811. The molecule has 0 fully saturated rings. The molecule has 100 valence electrons. The molecule has 0 heterocycles. The average molecular weight is 278 g/mol. The Hall–Kier alpha value is -1.85. The van der Waals surface area contributed by atoms with Crippen molar-refractivity contribution in [2.45, 2.75) is 17.9 Å². The van der Waals surface area contributed by atoms with Crippen molar-refractivity contribution in [3.63, 3.8) is 0 Å². The lowest BCUT2D eigenvalue weighted by Crippen LogP contribution is -1.91. The van der Waals surface area contributed by atoms with E-state index in [1.54, 1.807) is 43.3 Å². The lowest BCUT2D eigenvalue weighted by atomic mass is 10.1. The minimum Gasteiger partial charge on any atom is -0.457 e. The molecule has 2 aromatic carbocycles. The third-order valence-corrected chi connectivity index (χ3v) is 3.37. The molecule has 2 rings (SSSR count). The number of aliphatic hydroxyl groups excluding tert-OH is 1. The summed E-state index contributed by atoms with van der Waals surface area (Å²) in [6.45, 7) is 1.69. The van der Waals surface area contributed by atoms with Crippen molar-refractivity contribution in [1.82, 2.24) is 0 Å². The predicted molar refractivity (Wildman–Crippen MR) is 72.2 cm³/mol. The van der Waals surface area contributed by atoms with Crippen LogP contribution in [0.3, 0.4) is 0 Å². The molecule has 0 spiro atoms. The van der Waals surface area contributed by atoms with E-state index in [4.69, 9.17) is 4.74 Å². The van der Waals surface area contributed by atoms with Crippen LogP contribution < -0.4 is 4.74 Å². The van der Waals surface area contributed by atoms with Gasteiger partial charge in [0.2, 0.25) is 0 Å². The maximum atomic E-state index is 10.7. The second kappa shape index (κ2) is 5.86. The number of hydrogen-bond donors (Lipinski definition) is 2. The first-order chi connectivity index (χ1) is 9.06. The van der Waals surface area contributed by atoms with Gasteiger partial charge in [0.1, 0.15) is 11.5 Å². The van der Waals surface area contributed by atoms with Gasteiger partial charge in [0, 0.05) is 0 Å². The molecule has 5 heteroatoms. The van der Waals surface area contributed by atoms with E-state index >= 15 is 0 Å². The van der Waals surface area contributed by atoms with Crippen LogP contribution in [0.2, 0.25) is 0 Å². The molecule has 4 nitrogen and oxygen atoms in total. The van der Waals surface area contributed by atoms with Gasteiger partial charge in [-0.2, -0.15) is 0 Å². The molecule has 0 bridgehead atoms. The minimum atomic E-state index is -2.56. The van der Waals surface area contributed by atoms with Crippen LogP contribution in [0.1, 0.15) is 18.6 Å². The van der Waals surface area contributed by atoms with Crippen LogP contribution in [0.4, 0.5) is 0 Å². The summed E-state index contributed by atoms with van der Waals surface area (Å²) in [6.07, 6.45) is -0.512. The zero-order valence-corrected chi connectivity index (χ0v) is 11.2. The molecule has 0 saturated carbocycles. The van der Waals surface area contributed by atoms with Crippen molar-refractivity contribution in [3.8, 4) is 11.5 Å². The number of benzene rings is 2. The van der Waals surface area contributed by atoms with Gasteiger partial charge in [-0.1, -0.05) is 12.1 Å². The van der Waals surface area contributed by atoms with Crippen LogP contribution in [0.5, 0.6) is 11.5 Å². The van der Waals surface area contributed by atoms with Crippen molar-refractivity contribution in [3.05, 3.63) is 54.1 Å². The smallest absolute Gasteiger partial charge is 0.168 e. The first kappa shape index (κ1) is 13.6. The van der Waals surface area contributed by atoms with Gasteiger partial charge in [-0.15, -0.1) is 0 Å². The SMILES string of the molecule is CC(O)c1ccc(Oc2ccc([SH](=O)=O)cc2)cc1. The van der Waals surface area contributed by atoms with Crippen LogP contribution in [0.15, 0.2) is 53.4 Å². The largest absolute Gasteiger partial charge is 0.457 e. The average Bonchev–Trinajstić information content (AvgIpc) is 2.40. The van der Waals surface area contributed by atoms with Gasteiger partial charge in [-0.25, -0.2) is 8.42 Å². The van der Waals surface area contributed by atoms with E-state index in [2.05, 4.69) is 0 Å². The first-order valence-corrected chi connectivity index (χ1v) is 6.94. The van der Waals surface area contributed by atoms with E-state index in [1.165, 1.54) is 12.1 Å². The zero-order chi connectivity index (χ0) is 13.8. The Morgan fingerprint density at radius 3 is 1.84 bits per heavy atom. The van der Waals surface area contributed by atoms with Gasteiger partial charge in [0.15, 0.2) is 10.7 Å². The number of ether oxygens (including phenoxy) is 1. The Labute approximate surface area is 113 Å². The van der Waals surface area contributed by atoms with Crippen LogP contribution >= 0.6 is 0 Å². The van der Waals surface area contributed by atoms with Crippen LogP contribution in [-0.4, -0.2) is 13.5 Å². The van der Waals surface area contributed by atoms with Crippen LogP contribution in [0, 0.1) is 0 Å². The van der Waals surface area contributed by atoms with E-state index in [0.717, 1.165) is 5.56 Å². The second-order valence-electron chi connectivity index (χ2n) is 4.10. The lowest BCUT2D eigenvalue weighted by molar-refractivity contribution is 0.199. The van der Waals surface area contributed by atoms with E-state index in [-0.39, 0.29) is 4.90 Å². The highest BCUT2D eigenvalue weighted by Crippen LogP contribution is 2.23. The highest BCUT2D eigenvalue weighted by Gasteiger charge is 2.02. The third-order valence-electron chi connectivity index (χ3n) is 2.65. The Bertz CT molecular complexity index is 605. The van der Waals surface area contributed by atoms with Crippen molar-refractivity contribution >= 4 is 10.7 Å². The summed E-state index contributed by atoms with van der Waals surface area (Å²) in [4.78, 5) is 0.256. The van der Waals surface area contributed by atoms with E-state index < -0.39 is 16.8 Å². The highest BCUT2D eigenvalue weighted by atomic mass is 32.2. The molecule has 0 amide bonds.